The minimum Gasteiger partial charge on any atom is -0.490 e. The van der Waals surface area contributed by atoms with Crippen LogP contribution in [0, 0.1) is 5.92 Å². The van der Waals surface area contributed by atoms with Gasteiger partial charge in [-0.3, -0.25) is 0 Å². The molecule has 1 aromatic rings. The Morgan fingerprint density at radius 1 is 1.00 bits per heavy atom. The normalized spacial score (nSPS) is 25.7. The molecule has 0 radical (unpaired) electrons. The van der Waals surface area contributed by atoms with Crippen LogP contribution in [0.1, 0.15) is 32.1 Å². The largest absolute Gasteiger partial charge is 0.490 e. The summed E-state index contributed by atoms with van der Waals surface area (Å²) in [5, 5.41) is 3.55. The molecule has 0 spiro atoms. The first kappa shape index (κ1) is 17.1. The molecule has 1 unspecified atom stereocenters. The van der Waals surface area contributed by atoms with Crippen molar-refractivity contribution in [3.05, 3.63) is 18.2 Å². The number of fused-ring (bicyclic) bond motifs is 1. The molecule has 2 fully saturated rings. The lowest BCUT2D eigenvalue weighted by Crippen LogP contribution is -2.43. The fourth-order valence-electron chi connectivity index (χ4n) is 4.09. The van der Waals surface area contributed by atoms with Gasteiger partial charge >= 0.3 is 0 Å². The van der Waals surface area contributed by atoms with E-state index < -0.39 is 10.0 Å². The average molecular weight is 366 g/mol. The molecule has 25 heavy (non-hydrogen) atoms. The van der Waals surface area contributed by atoms with Crippen molar-refractivity contribution in [3.63, 3.8) is 0 Å². The van der Waals surface area contributed by atoms with Crippen LogP contribution in [0.15, 0.2) is 23.1 Å². The zero-order valence-corrected chi connectivity index (χ0v) is 15.3. The maximum absolute atomic E-state index is 13.0. The summed E-state index contributed by atoms with van der Waals surface area (Å²) in [6, 6.07) is 5.53. The molecule has 2 saturated heterocycles. The number of ether oxygens (including phenoxy) is 2. The van der Waals surface area contributed by atoms with Gasteiger partial charge in [-0.05, 0) is 50.3 Å². The van der Waals surface area contributed by atoms with Gasteiger partial charge in [-0.15, -0.1) is 0 Å². The van der Waals surface area contributed by atoms with Crippen LogP contribution in [0.3, 0.4) is 0 Å². The molecule has 3 aliphatic heterocycles. The van der Waals surface area contributed by atoms with Gasteiger partial charge in [0.2, 0.25) is 10.0 Å². The topological polar surface area (TPSA) is 67.9 Å². The molecular formula is C18H26N2O4S. The van der Waals surface area contributed by atoms with Crippen LogP contribution in [0.2, 0.25) is 0 Å². The Labute approximate surface area is 149 Å². The van der Waals surface area contributed by atoms with Crippen molar-refractivity contribution in [1.29, 1.82) is 0 Å². The molecule has 0 amide bonds. The zero-order chi connectivity index (χ0) is 17.3. The summed E-state index contributed by atoms with van der Waals surface area (Å²) in [5.74, 6) is 1.75. The van der Waals surface area contributed by atoms with E-state index in [1.165, 1.54) is 12.8 Å². The third-order valence-electron chi connectivity index (χ3n) is 5.52. The van der Waals surface area contributed by atoms with Crippen molar-refractivity contribution in [2.24, 2.45) is 5.92 Å². The lowest BCUT2D eigenvalue weighted by atomic mass is 9.89. The summed E-state index contributed by atoms with van der Waals surface area (Å²) in [5.41, 5.74) is 0. The summed E-state index contributed by atoms with van der Waals surface area (Å²) >= 11 is 0. The molecule has 0 aromatic heterocycles. The highest BCUT2D eigenvalue weighted by atomic mass is 32.2. The van der Waals surface area contributed by atoms with Crippen LogP contribution in [0.5, 0.6) is 11.5 Å². The lowest BCUT2D eigenvalue weighted by Gasteiger charge is -2.34. The molecule has 138 valence electrons. The summed E-state index contributed by atoms with van der Waals surface area (Å²) < 4.78 is 38.9. The zero-order valence-electron chi connectivity index (χ0n) is 14.4. The van der Waals surface area contributed by atoms with Crippen molar-refractivity contribution >= 4 is 10.0 Å². The highest BCUT2D eigenvalue weighted by Crippen LogP contribution is 2.34. The van der Waals surface area contributed by atoms with Crippen LogP contribution < -0.4 is 14.8 Å². The maximum Gasteiger partial charge on any atom is 0.243 e. The molecule has 1 aromatic carbocycles. The van der Waals surface area contributed by atoms with Gasteiger partial charge in [0.25, 0.3) is 0 Å². The van der Waals surface area contributed by atoms with Gasteiger partial charge in [-0.1, -0.05) is 0 Å². The predicted octanol–water partition coefficient (Wildman–Crippen LogP) is 2.00. The first-order valence-corrected chi connectivity index (χ1v) is 10.7. The van der Waals surface area contributed by atoms with E-state index in [2.05, 4.69) is 5.32 Å². The molecule has 0 saturated carbocycles. The van der Waals surface area contributed by atoms with E-state index in [1.807, 2.05) is 0 Å². The van der Waals surface area contributed by atoms with E-state index in [1.54, 1.807) is 22.5 Å². The molecule has 0 bridgehead atoms. The molecule has 7 heteroatoms. The van der Waals surface area contributed by atoms with E-state index >= 15 is 0 Å². The molecule has 1 atom stereocenters. The minimum atomic E-state index is -3.48. The van der Waals surface area contributed by atoms with Gasteiger partial charge in [0.05, 0.1) is 18.1 Å². The number of nitrogens with one attached hydrogen (secondary N) is 1. The fraction of sp³-hybridized carbons (Fsp3) is 0.667. The summed E-state index contributed by atoms with van der Waals surface area (Å²) in [4.78, 5) is 0.300. The highest BCUT2D eigenvalue weighted by molar-refractivity contribution is 7.89. The van der Waals surface area contributed by atoms with Crippen LogP contribution in [0.25, 0.3) is 0 Å². The standard InChI is InChI=1S/C18H26N2O4S/c21-25(22,15-4-5-17-18(13-15)24-12-2-11-23-17)20-9-6-14(7-10-20)16-3-1-8-19-16/h4-5,13-14,16,19H,1-3,6-12H2. The Hall–Kier alpha value is -1.31. The van der Waals surface area contributed by atoms with Crippen molar-refractivity contribution in [3.8, 4) is 11.5 Å². The van der Waals surface area contributed by atoms with Crippen LogP contribution in [-0.2, 0) is 10.0 Å². The van der Waals surface area contributed by atoms with Crippen LogP contribution in [-0.4, -0.2) is 51.6 Å². The number of benzene rings is 1. The van der Waals surface area contributed by atoms with Crippen molar-refractivity contribution in [2.45, 2.75) is 43.0 Å². The molecular weight excluding hydrogens is 340 g/mol. The predicted molar refractivity (Wildman–Crippen MR) is 94.6 cm³/mol. The Balaban J connectivity index is 1.47. The number of nitrogens with zero attached hydrogens (tertiary/aromatic N) is 1. The van der Waals surface area contributed by atoms with Crippen molar-refractivity contribution in [2.75, 3.05) is 32.8 Å². The Morgan fingerprint density at radius 3 is 2.48 bits per heavy atom. The fourth-order valence-corrected chi connectivity index (χ4v) is 5.57. The smallest absolute Gasteiger partial charge is 0.243 e. The monoisotopic (exact) mass is 366 g/mol. The first-order chi connectivity index (χ1) is 12.1. The molecule has 0 aliphatic carbocycles. The number of piperidine rings is 1. The summed E-state index contributed by atoms with van der Waals surface area (Å²) in [7, 11) is -3.48. The van der Waals surface area contributed by atoms with E-state index in [0.717, 1.165) is 25.8 Å². The summed E-state index contributed by atoms with van der Waals surface area (Å²) in [6.07, 6.45) is 5.13. The van der Waals surface area contributed by atoms with E-state index in [0.29, 0.717) is 54.7 Å². The van der Waals surface area contributed by atoms with Gasteiger partial charge in [0, 0.05) is 31.6 Å². The SMILES string of the molecule is O=S(=O)(c1ccc2c(c1)OCCCO2)N1CCC(C2CCCN2)CC1. The second-order valence-electron chi connectivity index (χ2n) is 7.10. The van der Waals surface area contributed by atoms with Gasteiger partial charge in [0.15, 0.2) is 11.5 Å². The Morgan fingerprint density at radius 2 is 1.76 bits per heavy atom. The minimum absolute atomic E-state index is 0.300. The first-order valence-electron chi connectivity index (χ1n) is 9.28. The maximum atomic E-state index is 13.0. The van der Waals surface area contributed by atoms with Crippen LogP contribution >= 0.6 is 0 Å². The van der Waals surface area contributed by atoms with Gasteiger partial charge in [0.1, 0.15) is 0 Å². The number of sulfonamides is 1. The Bertz CT molecular complexity index is 708. The van der Waals surface area contributed by atoms with Gasteiger partial charge < -0.3 is 14.8 Å². The van der Waals surface area contributed by atoms with Crippen molar-refractivity contribution < 1.29 is 17.9 Å². The Kier molecular flexibility index (Phi) is 4.88. The molecule has 1 N–H and O–H groups in total. The number of rotatable bonds is 3. The van der Waals surface area contributed by atoms with E-state index in [9.17, 15) is 8.42 Å². The van der Waals surface area contributed by atoms with Gasteiger partial charge in [-0.2, -0.15) is 4.31 Å². The molecule has 4 rings (SSSR count). The van der Waals surface area contributed by atoms with E-state index in [-0.39, 0.29) is 0 Å². The van der Waals surface area contributed by atoms with E-state index in [4.69, 9.17) is 9.47 Å². The molecule has 3 aliphatic rings. The van der Waals surface area contributed by atoms with Gasteiger partial charge in [-0.25, -0.2) is 8.42 Å². The second kappa shape index (κ2) is 7.13. The quantitative estimate of drug-likeness (QED) is 0.886. The third-order valence-corrected chi connectivity index (χ3v) is 7.42. The van der Waals surface area contributed by atoms with Crippen LogP contribution in [0.4, 0.5) is 0 Å². The average Bonchev–Trinajstić information content (AvgIpc) is 3.07. The third kappa shape index (κ3) is 3.50. The number of hydrogen-bond donors (Lipinski definition) is 1. The number of hydrogen-bond acceptors (Lipinski definition) is 5. The lowest BCUT2D eigenvalue weighted by molar-refractivity contribution is 0.234. The highest BCUT2D eigenvalue weighted by Gasteiger charge is 2.33. The molecule has 3 heterocycles. The second-order valence-corrected chi connectivity index (χ2v) is 9.04. The summed E-state index contributed by atoms with van der Waals surface area (Å²) in [6.45, 7) is 3.44. The van der Waals surface area contributed by atoms with Crippen molar-refractivity contribution in [1.82, 2.24) is 9.62 Å². The molecule has 6 nitrogen and oxygen atoms in total.